The SMILES string of the molecule is CNCc1cc(F)ccc1-c1ccc[nH]1. The van der Waals surface area contributed by atoms with Gasteiger partial charge in [0.15, 0.2) is 0 Å². The van der Waals surface area contributed by atoms with Crippen molar-refractivity contribution in [3.05, 3.63) is 47.9 Å². The number of benzene rings is 1. The monoisotopic (exact) mass is 204 g/mol. The normalized spacial score (nSPS) is 10.5. The van der Waals surface area contributed by atoms with Crippen molar-refractivity contribution in [3.63, 3.8) is 0 Å². The van der Waals surface area contributed by atoms with E-state index < -0.39 is 0 Å². The van der Waals surface area contributed by atoms with E-state index in [1.807, 2.05) is 25.4 Å². The molecule has 0 atom stereocenters. The smallest absolute Gasteiger partial charge is 0.123 e. The highest BCUT2D eigenvalue weighted by atomic mass is 19.1. The van der Waals surface area contributed by atoms with Crippen LogP contribution in [0.4, 0.5) is 4.39 Å². The summed E-state index contributed by atoms with van der Waals surface area (Å²) in [7, 11) is 1.85. The molecule has 15 heavy (non-hydrogen) atoms. The molecule has 0 saturated heterocycles. The highest BCUT2D eigenvalue weighted by Crippen LogP contribution is 2.22. The molecular weight excluding hydrogens is 191 g/mol. The molecule has 1 heterocycles. The second-order valence-electron chi connectivity index (χ2n) is 3.42. The zero-order valence-corrected chi connectivity index (χ0v) is 8.55. The minimum Gasteiger partial charge on any atom is -0.361 e. The van der Waals surface area contributed by atoms with Crippen LogP contribution in [0.1, 0.15) is 5.56 Å². The third-order valence-electron chi connectivity index (χ3n) is 2.32. The van der Waals surface area contributed by atoms with Gasteiger partial charge >= 0.3 is 0 Å². The van der Waals surface area contributed by atoms with Gasteiger partial charge in [0.25, 0.3) is 0 Å². The Labute approximate surface area is 88.1 Å². The van der Waals surface area contributed by atoms with Gasteiger partial charge in [0.1, 0.15) is 5.82 Å². The van der Waals surface area contributed by atoms with Crippen LogP contribution in [0.15, 0.2) is 36.5 Å². The van der Waals surface area contributed by atoms with Crippen molar-refractivity contribution < 1.29 is 4.39 Å². The predicted molar refractivity (Wildman–Crippen MR) is 59.0 cm³/mol. The van der Waals surface area contributed by atoms with Gasteiger partial charge in [-0.25, -0.2) is 4.39 Å². The Hall–Kier alpha value is -1.61. The summed E-state index contributed by atoms with van der Waals surface area (Å²) in [6.45, 7) is 0.659. The first-order valence-electron chi connectivity index (χ1n) is 4.88. The molecule has 2 nitrogen and oxygen atoms in total. The fourth-order valence-electron chi connectivity index (χ4n) is 1.66. The Morgan fingerprint density at radius 3 is 2.87 bits per heavy atom. The molecule has 2 aromatic rings. The van der Waals surface area contributed by atoms with Crippen LogP contribution in [0.3, 0.4) is 0 Å². The first-order valence-corrected chi connectivity index (χ1v) is 4.88. The van der Waals surface area contributed by atoms with E-state index in [2.05, 4.69) is 10.3 Å². The zero-order valence-electron chi connectivity index (χ0n) is 8.55. The zero-order chi connectivity index (χ0) is 10.7. The van der Waals surface area contributed by atoms with E-state index in [0.29, 0.717) is 6.54 Å². The molecule has 0 bridgehead atoms. The summed E-state index contributed by atoms with van der Waals surface area (Å²) in [5, 5.41) is 3.03. The summed E-state index contributed by atoms with van der Waals surface area (Å²) in [6.07, 6.45) is 1.86. The van der Waals surface area contributed by atoms with Crippen LogP contribution in [0.25, 0.3) is 11.3 Å². The standard InChI is InChI=1S/C12H13FN2/c1-14-8-9-7-10(13)4-5-11(9)12-3-2-6-15-12/h2-7,14-15H,8H2,1H3. The minimum absolute atomic E-state index is 0.199. The second kappa shape index (κ2) is 4.28. The summed E-state index contributed by atoms with van der Waals surface area (Å²) in [6, 6.07) is 8.75. The molecular formula is C12H13FN2. The summed E-state index contributed by atoms with van der Waals surface area (Å²) >= 11 is 0. The molecule has 0 aliphatic rings. The lowest BCUT2D eigenvalue weighted by Gasteiger charge is -2.07. The second-order valence-corrected chi connectivity index (χ2v) is 3.42. The van der Waals surface area contributed by atoms with Gasteiger partial charge in [-0.15, -0.1) is 0 Å². The molecule has 0 aliphatic heterocycles. The lowest BCUT2D eigenvalue weighted by Crippen LogP contribution is -2.06. The number of aromatic amines is 1. The van der Waals surface area contributed by atoms with Crippen LogP contribution < -0.4 is 5.32 Å². The Bertz CT molecular complexity index is 435. The molecule has 0 saturated carbocycles. The number of aromatic nitrogens is 1. The lowest BCUT2D eigenvalue weighted by atomic mass is 10.0. The maximum absolute atomic E-state index is 13.1. The third kappa shape index (κ3) is 2.07. The van der Waals surface area contributed by atoms with Crippen molar-refractivity contribution in [2.24, 2.45) is 0 Å². The van der Waals surface area contributed by atoms with Gasteiger partial charge in [-0.2, -0.15) is 0 Å². The molecule has 0 radical (unpaired) electrons. The average Bonchev–Trinajstić information content (AvgIpc) is 2.71. The maximum atomic E-state index is 13.1. The molecule has 0 aliphatic carbocycles. The Kier molecular flexibility index (Phi) is 2.83. The van der Waals surface area contributed by atoms with Crippen molar-refractivity contribution >= 4 is 0 Å². The van der Waals surface area contributed by atoms with Crippen LogP contribution in [-0.2, 0) is 6.54 Å². The van der Waals surface area contributed by atoms with Crippen LogP contribution in [0.2, 0.25) is 0 Å². The van der Waals surface area contributed by atoms with Gasteiger partial charge in [-0.1, -0.05) is 0 Å². The van der Waals surface area contributed by atoms with Crippen molar-refractivity contribution in [3.8, 4) is 11.3 Å². The molecule has 0 fully saturated rings. The van der Waals surface area contributed by atoms with E-state index in [4.69, 9.17) is 0 Å². The molecule has 3 heteroatoms. The Morgan fingerprint density at radius 1 is 1.33 bits per heavy atom. The van der Waals surface area contributed by atoms with Crippen molar-refractivity contribution in [2.45, 2.75) is 6.54 Å². The number of hydrogen-bond donors (Lipinski definition) is 2. The average molecular weight is 204 g/mol. The Balaban J connectivity index is 2.46. The summed E-state index contributed by atoms with van der Waals surface area (Å²) in [5.74, 6) is -0.199. The first kappa shape index (κ1) is 9.93. The van der Waals surface area contributed by atoms with Crippen molar-refractivity contribution in [1.82, 2.24) is 10.3 Å². The van der Waals surface area contributed by atoms with E-state index in [1.54, 1.807) is 12.1 Å². The number of hydrogen-bond acceptors (Lipinski definition) is 1. The van der Waals surface area contributed by atoms with Gasteiger partial charge in [-0.3, -0.25) is 0 Å². The van der Waals surface area contributed by atoms with Crippen LogP contribution in [0.5, 0.6) is 0 Å². The molecule has 78 valence electrons. The van der Waals surface area contributed by atoms with E-state index in [1.165, 1.54) is 6.07 Å². The minimum atomic E-state index is -0.199. The fraction of sp³-hybridized carbons (Fsp3) is 0.167. The van der Waals surface area contributed by atoms with E-state index >= 15 is 0 Å². The predicted octanol–water partition coefficient (Wildman–Crippen LogP) is 2.54. The molecule has 0 unspecified atom stereocenters. The van der Waals surface area contributed by atoms with Gasteiger partial charge in [-0.05, 0) is 42.9 Å². The van der Waals surface area contributed by atoms with Crippen molar-refractivity contribution in [2.75, 3.05) is 7.05 Å². The quantitative estimate of drug-likeness (QED) is 0.790. The molecule has 2 rings (SSSR count). The van der Waals surface area contributed by atoms with Gasteiger partial charge in [0, 0.05) is 24.0 Å². The van der Waals surface area contributed by atoms with Gasteiger partial charge in [0.05, 0.1) is 0 Å². The third-order valence-corrected chi connectivity index (χ3v) is 2.32. The maximum Gasteiger partial charge on any atom is 0.123 e. The van der Waals surface area contributed by atoms with Crippen LogP contribution >= 0.6 is 0 Å². The highest BCUT2D eigenvalue weighted by molar-refractivity contribution is 5.63. The van der Waals surface area contributed by atoms with E-state index in [-0.39, 0.29) is 5.82 Å². The molecule has 1 aromatic carbocycles. The van der Waals surface area contributed by atoms with Crippen LogP contribution in [0, 0.1) is 5.82 Å². The summed E-state index contributed by atoms with van der Waals surface area (Å²) in [4.78, 5) is 3.12. The molecule has 1 aromatic heterocycles. The number of nitrogens with one attached hydrogen (secondary N) is 2. The summed E-state index contributed by atoms with van der Waals surface area (Å²) < 4.78 is 13.1. The van der Waals surface area contributed by atoms with Crippen molar-refractivity contribution in [1.29, 1.82) is 0 Å². The van der Waals surface area contributed by atoms with Crippen LogP contribution in [-0.4, -0.2) is 12.0 Å². The van der Waals surface area contributed by atoms with Gasteiger partial charge < -0.3 is 10.3 Å². The number of halogens is 1. The highest BCUT2D eigenvalue weighted by Gasteiger charge is 2.06. The molecule has 2 N–H and O–H groups in total. The van der Waals surface area contributed by atoms with Gasteiger partial charge in [0.2, 0.25) is 0 Å². The molecule has 0 spiro atoms. The van der Waals surface area contributed by atoms with E-state index in [0.717, 1.165) is 16.8 Å². The van der Waals surface area contributed by atoms with E-state index in [9.17, 15) is 4.39 Å². The Morgan fingerprint density at radius 2 is 2.20 bits per heavy atom. The summed E-state index contributed by atoms with van der Waals surface area (Å²) in [5.41, 5.74) is 3.01. The fourth-order valence-corrected chi connectivity index (χ4v) is 1.66. The largest absolute Gasteiger partial charge is 0.361 e. The lowest BCUT2D eigenvalue weighted by molar-refractivity contribution is 0.624. The topological polar surface area (TPSA) is 27.8 Å². The number of H-pyrrole nitrogens is 1. The number of rotatable bonds is 3. The first-order chi connectivity index (χ1) is 7.31. The molecule has 0 amide bonds.